The van der Waals surface area contributed by atoms with Crippen molar-refractivity contribution < 1.29 is 5.11 Å². The minimum absolute atomic E-state index is 0.302. The Labute approximate surface area is 133 Å². The van der Waals surface area contributed by atoms with E-state index in [9.17, 15) is 5.11 Å². The lowest BCUT2D eigenvalue weighted by Crippen LogP contribution is -2.59. The molecule has 1 unspecified atom stereocenters. The van der Waals surface area contributed by atoms with Crippen LogP contribution in [0.4, 0.5) is 5.69 Å². The Morgan fingerprint density at radius 2 is 1.77 bits per heavy atom. The Balaban J connectivity index is 1.94. The van der Waals surface area contributed by atoms with Crippen molar-refractivity contribution in [2.45, 2.75) is 62.8 Å². The topological polar surface area (TPSA) is 44.3 Å². The normalized spacial score (nSPS) is 36.4. The Bertz CT molecular complexity index is 599. The van der Waals surface area contributed by atoms with Gasteiger partial charge in [-0.15, -0.1) is 0 Å². The average Bonchev–Trinajstić information content (AvgIpc) is 2.95. The molecule has 0 spiro atoms. The Kier molecular flexibility index (Phi) is 3.19. The maximum atomic E-state index is 10.4. The van der Waals surface area contributed by atoms with Crippen LogP contribution in [0.3, 0.4) is 0 Å². The molecule has 3 heteroatoms. The molecule has 22 heavy (non-hydrogen) atoms. The molecule has 2 fully saturated rings. The second-order valence-electron chi connectivity index (χ2n) is 7.62. The summed E-state index contributed by atoms with van der Waals surface area (Å²) >= 11 is 0. The molecule has 3 atom stereocenters. The van der Waals surface area contributed by atoms with Crippen LogP contribution < -0.4 is 10.6 Å². The van der Waals surface area contributed by atoms with Gasteiger partial charge in [-0.1, -0.05) is 19.3 Å². The number of benzene rings is 1. The first kappa shape index (κ1) is 14.4. The van der Waals surface area contributed by atoms with Crippen LogP contribution in [0, 0.1) is 5.41 Å². The van der Waals surface area contributed by atoms with Gasteiger partial charge in [0.15, 0.2) is 0 Å². The smallest absolute Gasteiger partial charge is 0.138 e. The van der Waals surface area contributed by atoms with E-state index in [0.29, 0.717) is 22.6 Å². The second-order valence-corrected chi connectivity index (χ2v) is 7.62. The number of aromatic hydroxyl groups is 1. The standard InChI is InChI=1S/C19H28N2O/c1-20-15-10-13-11-17(21-2)19-7-4-3-6-18(19,8-5-9-19)14(13)12-16(15)22/h10,12,17,20-22H,3-9,11H2,1-2H3/t17-,18+,19?/m0/s1. The van der Waals surface area contributed by atoms with Gasteiger partial charge in [0.1, 0.15) is 5.75 Å². The van der Waals surface area contributed by atoms with Crippen molar-refractivity contribution in [1.82, 2.24) is 5.32 Å². The first-order chi connectivity index (χ1) is 10.7. The van der Waals surface area contributed by atoms with Gasteiger partial charge in [0.25, 0.3) is 0 Å². The Hall–Kier alpha value is -1.22. The summed E-state index contributed by atoms with van der Waals surface area (Å²) in [4.78, 5) is 0. The molecule has 120 valence electrons. The van der Waals surface area contributed by atoms with E-state index < -0.39 is 0 Å². The monoisotopic (exact) mass is 300 g/mol. The van der Waals surface area contributed by atoms with Crippen LogP contribution in [0.15, 0.2) is 12.1 Å². The van der Waals surface area contributed by atoms with Gasteiger partial charge in [0.2, 0.25) is 0 Å². The van der Waals surface area contributed by atoms with Crippen LogP contribution in [0.2, 0.25) is 0 Å². The molecule has 0 radical (unpaired) electrons. The molecule has 0 bridgehead atoms. The number of anilines is 1. The highest BCUT2D eigenvalue weighted by atomic mass is 16.3. The van der Waals surface area contributed by atoms with Crippen molar-refractivity contribution in [2.24, 2.45) is 5.41 Å². The third-order valence-electron chi connectivity index (χ3n) is 7.10. The van der Waals surface area contributed by atoms with Gasteiger partial charge in [-0.05, 0) is 67.8 Å². The van der Waals surface area contributed by atoms with Crippen molar-refractivity contribution in [3.63, 3.8) is 0 Å². The molecule has 1 aromatic carbocycles. The lowest BCUT2D eigenvalue weighted by atomic mass is 9.48. The minimum Gasteiger partial charge on any atom is -0.506 e. The number of likely N-dealkylation sites (N-methyl/N-ethyl adjacent to an activating group) is 1. The summed E-state index contributed by atoms with van der Waals surface area (Å²) in [7, 11) is 4.03. The minimum atomic E-state index is 0.302. The largest absolute Gasteiger partial charge is 0.506 e. The Morgan fingerprint density at radius 3 is 2.55 bits per heavy atom. The van der Waals surface area contributed by atoms with Crippen LogP contribution in [0.5, 0.6) is 5.75 Å². The fraction of sp³-hybridized carbons (Fsp3) is 0.684. The summed E-state index contributed by atoms with van der Waals surface area (Å²) in [5, 5.41) is 17.2. The van der Waals surface area contributed by atoms with Crippen LogP contribution >= 0.6 is 0 Å². The molecular formula is C19H28N2O. The number of hydrogen-bond acceptors (Lipinski definition) is 3. The number of phenolic OH excluding ortho intramolecular Hbond substituents is 1. The van der Waals surface area contributed by atoms with Gasteiger partial charge in [-0.25, -0.2) is 0 Å². The molecule has 1 aromatic rings. The van der Waals surface area contributed by atoms with Gasteiger partial charge < -0.3 is 15.7 Å². The van der Waals surface area contributed by atoms with Crippen LogP contribution in [0.25, 0.3) is 0 Å². The zero-order chi connectivity index (χ0) is 15.4. The van der Waals surface area contributed by atoms with E-state index in [4.69, 9.17) is 0 Å². The summed E-state index contributed by atoms with van der Waals surface area (Å²) in [5.74, 6) is 0.421. The summed E-state index contributed by atoms with van der Waals surface area (Å²) in [6, 6.07) is 4.87. The molecular weight excluding hydrogens is 272 g/mol. The average molecular weight is 300 g/mol. The molecule has 3 aliphatic carbocycles. The van der Waals surface area contributed by atoms with Gasteiger partial charge >= 0.3 is 0 Å². The molecule has 0 saturated heterocycles. The quantitative estimate of drug-likeness (QED) is 0.732. The zero-order valence-electron chi connectivity index (χ0n) is 13.8. The van der Waals surface area contributed by atoms with E-state index >= 15 is 0 Å². The molecule has 3 N–H and O–H groups in total. The van der Waals surface area contributed by atoms with E-state index in [-0.39, 0.29) is 0 Å². The SMILES string of the molecule is CNc1cc2c(cc1O)[C@]13CCCCC1(CCC3)[C@@H](NC)C2. The van der Waals surface area contributed by atoms with Gasteiger partial charge in [-0.3, -0.25) is 0 Å². The van der Waals surface area contributed by atoms with E-state index in [1.165, 1.54) is 56.1 Å². The Morgan fingerprint density at radius 1 is 1.05 bits per heavy atom. The molecule has 3 nitrogen and oxygen atoms in total. The fourth-order valence-corrected chi connectivity index (χ4v) is 6.26. The number of nitrogens with one attached hydrogen (secondary N) is 2. The number of phenols is 1. The second kappa shape index (κ2) is 4.89. The van der Waals surface area contributed by atoms with Crippen LogP contribution in [-0.2, 0) is 11.8 Å². The molecule has 0 heterocycles. The van der Waals surface area contributed by atoms with Crippen molar-refractivity contribution >= 4 is 5.69 Å². The first-order valence-corrected chi connectivity index (χ1v) is 8.88. The van der Waals surface area contributed by atoms with Crippen molar-refractivity contribution in [2.75, 3.05) is 19.4 Å². The highest BCUT2D eigenvalue weighted by molar-refractivity contribution is 5.62. The third-order valence-corrected chi connectivity index (χ3v) is 7.10. The van der Waals surface area contributed by atoms with Gasteiger partial charge in [-0.2, -0.15) is 0 Å². The number of rotatable bonds is 2. The predicted molar refractivity (Wildman–Crippen MR) is 90.6 cm³/mol. The molecule has 0 aromatic heterocycles. The van der Waals surface area contributed by atoms with Gasteiger partial charge in [0, 0.05) is 18.5 Å². The summed E-state index contributed by atoms with van der Waals surface area (Å²) < 4.78 is 0. The predicted octanol–water partition coefficient (Wildman–Crippen LogP) is 3.56. The van der Waals surface area contributed by atoms with Crippen molar-refractivity contribution in [3.05, 3.63) is 23.3 Å². The molecule has 2 saturated carbocycles. The van der Waals surface area contributed by atoms with Crippen LogP contribution in [-0.4, -0.2) is 25.2 Å². The molecule has 4 rings (SSSR count). The zero-order valence-corrected chi connectivity index (χ0v) is 13.8. The molecule has 0 aliphatic heterocycles. The maximum Gasteiger partial charge on any atom is 0.138 e. The summed E-state index contributed by atoms with van der Waals surface area (Å²) in [6.07, 6.45) is 10.5. The maximum absolute atomic E-state index is 10.4. The van der Waals surface area contributed by atoms with Crippen LogP contribution in [0.1, 0.15) is 56.1 Å². The third kappa shape index (κ3) is 1.61. The highest BCUT2D eigenvalue weighted by Gasteiger charge is 2.62. The summed E-state index contributed by atoms with van der Waals surface area (Å²) in [5.41, 5.74) is 4.50. The van der Waals surface area contributed by atoms with Crippen molar-refractivity contribution in [1.29, 1.82) is 0 Å². The molecule has 0 amide bonds. The first-order valence-electron chi connectivity index (χ1n) is 8.88. The molecule has 3 aliphatic rings. The van der Waals surface area contributed by atoms with E-state index in [1.807, 2.05) is 7.05 Å². The lowest BCUT2D eigenvalue weighted by molar-refractivity contribution is 0.0329. The highest BCUT2D eigenvalue weighted by Crippen LogP contribution is 2.66. The summed E-state index contributed by atoms with van der Waals surface area (Å²) in [6.45, 7) is 0. The van der Waals surface area contributed by atoms with E-state index in [2.05, 4.69) is 29.8 Å². The van der Waals surface area contributed by atoms with E-state index in [0.717, 1.165) is 12.1 Å². The lowest BCUT2D eigenvalue weighted by Gasteiger charge is -2.58. The fourth-order valence-electron chi connectivity index (χ4n) is 6.26. The van der Waals surface area contributed by atoms with Crippen molar-refractivity contribution in [3.8, 4) is 5.75 Å². The van der Waals surface area contributed by atoms with Gasteiger partial charge in [0.05, 0.1) is 5.69 Å². The number of hydrogen-bond donors (Lipinski definition) is 3. The van der Waals surface area contributed by atoms with E-state index in [1.54, 1.807) is 0 Å². The number of fused-ring (bicyclic) bond motifs is 1.